The maximum Gasteiger partial charge on any atom is 0.261 e. The average molecular weight is 444 g/mol. The van der Waals surface area contributed by atoms with E-state index in [1.165, 1.54) is 0 Å². The van der Waals surface area contributed by atoms with E-state index in [0.29, 0.717) is 33.7 Å². The van der Waals surface area contributed by atoms with Crippen LogP contribution in [0.15, 0.2) is 91.0 Å². The molecule has 0 spiro atoms. The highest BCUT2D eigenvalue weighted by Crippen LogP contribution is 2.32. The number of aromatic nitrogens is 3. The normalized spacial score (nSPS) is 11.3. The lowest BCUT2D eigenvalue weighted by Gasteiger charge is -2.10. The first-order valence-corrected chi connectivity index (χ1v) is 11.0. The molecule has 6 aromatic rings. The van der Waals surface area contributed by atoms with Crippen LogP contribution in [0, 0.1) is 6.92 Å². The summed E-state index contributed by atoms with van der Waals surface area (Å²) >= 11 is 0. The van der Waals surface area contributed by atoms with Crippen molar-refractivity contribution in [1.82, 2.24) is 14.5 Å². The summed E-state index contributed by atoms with van der Waals surface area (Å²) in [4.78, 5) is 23.3. The van der Waals surface area contributed by atoms with Gasteiger partial charge in [-0.25, -0.2) is 9.97 Å². The van der Waals surface area contributed by atoms with Gasteiger partial charge in [0, 0.05) is 16.8 Å². The van der Waals surface area contributed by atoms with Gasteiger partial charge in [-0.2, -0.15) is 0 Å². The molecule has 0 saturated heterocycles. The Morgan fingerprint density at radius 1 is 0.853 bits per heavy atom. The molecule has 0 aliphatic heterocycles. The number of benzene rings is 4. The van der Waals surface area contributed by atoms with Gasteiger partial charge in [-0.05, 0) is 48.2 Å². The third kappa shape index (κ3) is 3.16. The second-order valence-corrected chi connectivity index (χ2v) is 8.30. The molecule has 34 heavy (non-hydrogen) atoms. The number of nitrogens with zero attached hydrogens (tertiary/aromatic N) is 3. The molecule has 0 aliphatic carbocycles. The monoisotopic (exact) mass is 443 g/mol. The van der Waals surface area contributed by atoms with E-state index in [1.54, 1.807) is 4.57 Å². The van der Waals surface area contributed by atoms with Crippen LogP contribution >= 0.6 is 0 Å². The van der Waals surface area contributed by atoms with Gasteiger partial charge < -0.3 is 11.1 Å². The molecule has 1 amide bonds. The van der Waals surface area contributed by atoms with Crippen molar-refractivity contribution in [2.75, 3.05) is 11.1 Å². The number of aryl methyl sites for hydroxylation is 1. The fraction of sp³-hybridized carbons (Fsp3) is 0.0357. The first-order valence-electron chi connectivity index (χ1n) is 11.0. The van der Waals surface area contributed by atoms with Crippen molar-refractivity contribution in [1.29, 1.82) is 0 Å². The van der Waals surface area contributed by atoms with Crippen molar-refractivity contribution in [3.8, 4) is 5.69 Å². The molecule has 6 rings (SSSR count). The van der Waals surface area contributed by atoms with Crippen molar-refractivity contribution >= 4 is 50.4 Å². The molecule has 164 valence electrons. The number of fused-ring (bicyclic) bond motifs is 3. The maximum absolute atomic E-state index is 13.7. The number of hydrogen-bond acceptors (Lipinski definition) is 4. The summed E-state index contributed by atoms with van der Waals surface area (Å²) in [6, 6.07) is 29.3. The van der Waals surface area contributed by atoms with Crippen LogP contribution in [0.4, 0.5) is 11.5 Å². The maximum atomic E-state index is 13.7. The zero-order valence-corrected chi connectivity index (χ0v) is 18.5. The van der Waals surface area contributed by atoms with E-state index >= 15 is 0 Å². The first kappa shape index (κ1) is 19.9. The molecular formula is C28H21N5O. The fourth-order valence-electron chi connectivity index (χ4n) is 4.43. The van der Waals surface area contributed by atoms with Gasteiger partial charge in [-0.1, -0.05) is 60.7 Å². The lowest BCUT2D eigenvalue weighted by atomic mass is 10.1. The van der Waals surface area contributed by atoms with E-state index in [2.05, 4.69) is 5.32 Å². The number of nitrogen functional groups attached to an aromatic ring is 1. The van der Waals surface area contributed by atoms with Gasteiger partial charge in [0.15, 0.2) is 5.65 Å². The van der Waals surface area contributed by atoms with Crippen LogP contribution in [0.3, 0.4) is 0 Å². The summed E-state index contributed by atoms with van der Waals surface area (Å²) in [5.74, 6) is -0.0246. The van der Waals surface area contributed by atoms with Crippen molar-refractivity contribution in [3.63, 3.8) is 0 Å². The minimum absolute atomic E-state index is 0.300. The Balaban J connectivity index is 1.58. The molecule has 6 nitrogen and oxygen atoms in total. The number of hydrogen-bond donors (Lipinski definition) is 2. The van der Waals surface area contributed by atoms with Crippen molar-refractivity contribution in [2.24, 2.45) is 0 Å². The van der Waals surface area contributed by atoms with E-state index < -0.39 is 0 Å². The zero-order chi connectivity index (χ0) is 23.2. The minimum Gasteiger partial charge on any atom is -0.384 e. The Hall–Kier alpha value is -4.71. The number of nitrogens with two attached hydrogens (primary N) is 1. The number of rotatable bonds is 3. The molecule has 0 aliphatic rings. The van der Waals surface area contributed by atoms with Crippen LogP contribution in [0.2, 0.25) is 0 Å². The summed E-state index contributed by atoms with van der Waals surface area (Å²) in [6.45, 7) is 2.01. The molecule has 2 aromatic heterocycles. The number of carbonyl (C=O) groups excluding carboxylic acids is 1. The van der Waals surface area contributed by atoms with Crippen LogP contribution < -0.4 is 11.1 Å². The zero-order valence-electron chi connectivity index (χ0n) is 18.5. The Kier molecular flexibility index (Phi) is 4.52. The molecule has 0 fully saturated rings. The van der Waals surface area contributed by atoms with E-state index in [-0.39, 0.29) is 5.91 Å². The summed E-state index contributed by atoms with van der Waals surface area (Å²) in [5, 5.41) is 5.06. The molecule has 2 heterocycles. The lowest BCUT2D eigenvalue weighted by Crippen LogP contribution is -2.14. The van der Waals surface area contributed by atoms with Gasteiger partial charge in [0.05, 0.1) is 11.0 Å². The van der Waals surface area contributed by atoms with Crippen LogP contribution in [-0.2, 0) is 0 Å². The lowest BCUT2D eigenvalue weighted by molar-refractivity contribution is 0.102. The van der Waals surface area contributed by atoms with E-state index in [1.807, 2.05) is 97.9 Å². The van der Waals surface area contributed by atoms with Crippen LogP contribution in [0.25, 0.3) is 38.7 Å². The number of nitrogens with one attached hydrogen (secondary N) is 1. The smallest absolute Gasteiger partial charge is 0.261 e. The first-order chi connectivity index (χ1) is 16.6. The van der Waals surface area contributed by atoms with Gasteiger partial charge >= 0.3 is 0 Å². The molecule has 0 saturated carbocycles. The predicted octanol–water partition coefficient (Wildman–Crippen LogP) is 5.87. The molecule has 3 N–H and O–H groups in total. The van der Waals surface area contributed by atoms with Crippen molar-refractivity contribution in [3.05, 3.63) is 102 Å². The average Bonchev–Trinajstić information content (AvgIpc) is 3.13. The molecule has 0 atom stereocenters. The molecular weight excluding hydrogens is 422 g/mol. The largest absolute Gasteiger partial charge is 0.384 e. The summed E-state index contributed by atoms with van der Waals surface area (Å²) in [7, 11) is 0. The van der Waals surface area contributed by atoms with Crippen molar-refractivity contribution < 1.29 is 4.79 Å². The third-order valence-corrected chi connectivity index (χ3v) is 6.02. The minimum atomic E-state index is -0.324. The molecule has 0 bridgehead atoms. The number of carbonyl (C=O) groups is 1. The Morgan fingerprint density at radius 2 is 1.56 bits per heavy atom. The second-order valence-electron chi connectivity index (χ2n) is 8.30. The van der Waals surface area contributed by atoms with Crippen LogP contribution in [0.5, 0.6) is 0 Å². The SMILES string of the molecule is Cc1cccc(-n2c(N)c(C(=O)Nc3cccc4ccccc34)c3nc4ccccc4nc32)c1. The topological polar surface area (TPSA) is 85.8 Å². The Labute approximate surface area is 195 Å². The van der Waals surface area contributed by atoms with Gasteiger partial charge in [-0.3, -0.25) is 9.36 Å². The van der Waals surface area contributed by atoms with Crippen LogP contribution in [0.1, 0.15) is 15.9 Å². The van der Waals surface area contributed by atoms with Crippen molar-refractivity contribution in [2.45, 2.75) is 6.92 Å². The Bertz CT molecular complexity index is 1730. The summed E-state index contributed by atoms with van der Waals surface area (Å²) in [6.07, 6.45) is 0. The number of para-hydroxylation sites is 2. The summed E-state index contributed by atoms with van der Waals surface area (Å²) in [5.41, 5.74) is 12.0. The Morgan fingerprint density at radius 3 is 2.38 bits per heavy atom. The van der Waals surface area contributed by atoms with Crippen LogP contribution in [-0.4, -0.2) is 20.4 Å². The third-order valence-electron chi connectivity index (χ3n) is 6.02. The van der Waals surface area contributed by atoms with E-state index in [9.17, 15) is 4.79 Å². The van der Waals surface area contributed by atoms with Gasteiger partial charge in [-0.15, -0.1) is 0 Å². The number of amides is 1. The predicted molar refractivity (Wildman–Crippen MR) is 137 cm³/mol. The standard InChI is InChI=1S/C28H21N5O/c1-17-8-6-11-19(16-17)33-26(29)24(25-27(33)31-23-14-5-4-13-22(23)30-25)28(34)32-21-15-7-10-18-9-2-3-12-20(18)21/h2-16H,29H2,1H3,(H,32,34). The molecule has 4 aromatic carbocycles. The fourth-order valence-corrected chi connectivity index (χ4v) is 4.43. The molecule has 0 unspecified atom stereocenters. The highest BCUT2D eigenvalue weighted by molar-refractivity contribution is 6.18. The molecule has 0 radical (unpaired) electrons. The van der Waals surface area contributed by atoms with E-state index in [4.69, 9.17) is 15.7 Å². The second kappa shape index (κ2) is 7.71. The highest BCUT2D eigenvalue weighted by Gasteiger charge is 2.25. The molecule has 6 heteroatoms. The quantitative estimate of drug-likeness (QED) is 0.358. The highest BCUT2D eigenvalue weighted by atomic mass is 16.1. The van der Waals surface area contributed by atoms with Gasteiger partial charge in [0.25, 0.3) is 5.91 Å². The number of anilines is 2. The van der Waals surface area contributed by atoms with Gasteiger partial charge in [0.2, 0.25) is 0 Å². The summed E-state index contributed by atoms with van der Waals surface area (Å²) < 4.78 is 1.81. The van der Waals surface area contributed by atoms with Gasteiger partial charge in [0.1, 0.15) is 16.9 Å². The van der Waals surface area contributed by atoms with E-state index in [0.717, 1.165) is 27.5 Å².